The van der Waals surface area contributed by atoms with E-state index in [0.29, 0.717) is 10.8 Å². The zero-order chi connectivity index (χ0) is 21.2. The number of benzene rings is 1. The van der Waals surface area contributed by atoms with Gasteiger partial charge in [-0.1, -0.05) is 102 Å². The maximum absolute atomic E-state index is 11.8. The molecule has 0 fully saturated rings. The minimum atomic E-state index is -0.0627. The second-order valence-corrected chi connectivity index (χ2v) is 8.55. The van der Waals surface area contributed by atoms with E-state index in [1.807, 2.05) is 13.0 Å². The molecule has 0 aliphatic carbocycles. The summed E-state index contributed by atoms with van der Waals surface area (Å²) in [6.07, 6.45) is 18.8. The minimum absolute atomic E-state index is 0.0552. The summed E-state index contributed by atoms with van der Waals surface area (Å²) in [5, 5.41) is 3.64. The van der Waals surface area contributed by atoms with Crippen molar-refractivity contribution in [3.05, 3.63) is 28.8 Å². The Hall–Kier alpha value is -1.22. The minimum Gasteiger partial charge on any atom is -0.484 e. The normalized spacial score (nSPS) is 10.9. The lowest BCUT2D eigenvalue weighted by Crippen LogP contribution is -2.29. The van der Waals surface area contributed by atoms with Crippen molar-refractivity contribution in [3.8, 4) is 5.75 Å². The molecule has 0 radical (unpaired) electrons. The van der Waals surface area contributed by atoms with Crippen molar-refractivity contribution in [1.82, 2.24) is 5.32 Å². The second kappa shape index (κ2) is 17.6. The second-order valence-electron chi connectivity index (χ2n) is 8.15. The molecule has 1 amide bonds. The average molecular weight is 424 g/mol. The van der Waals surface area contributed by atoms with Crippen molar-refractivity contribution in [2.75, 3.05) is 13.2 Å². The van der Waals surface area contributed by atoms with Crippen LogP contribution in [0.1, 0.15) is 102 Å². The summed E-state index contributed by atoms with van der Waals surface area (Å²) >= 11 is 5.99. The highest BCUT2D eigenvalue weighted by Crippen LogP contribution is 2.20. The van der Waals surface area contributed by atoms with Gasteiger partial charge in [0.15, 0.2) is 6.61 Å². The predicted molar refractivity (Wildman–Crippen MR) is 125 cm³/mol. The number of nitrogens with one attached hydrogen (secondary N) is 1. The Kier molecular flexibility index (Phi) is 15.7. The predicted octanol–water partition coefficient (Wildman–Crippen LogP) is 7.62. The van der Waals surface area contributed by atoms with Crippen LogP contribution in [0.4, 0.5) is 0 Å². The van der Waals surface area contributed by atoms with Crippen LogP contribution >= 0.6 is 11.6 Å². The molecule has 0 atom stereocenters. The molecule has 4 heteroatoms. The van der Waals surface area contributed by atoms with Gasteiger partial charge in [0.2, 0.25) is 0 Å². The first-order valence-corrected chi connectivity index (χ1v) is 12.2. The van der Waals surface area contributed by atoms with Gasteiger partial charge in [-0.3, -0.25) is 4.79 Å². The van der Waals surface area contributed by atoms with E-state index in [1.54, 1.807) is 12.1 Å². The Bertz CT molecular complexity index is 548. The van der Waals surface area contributed by atoms with Crippen LogP contribution in [0.3, 0.4) is 0 Å². The van der Waals surface area contributed by atoms with Crippen molar-refractivity contribution in [2.24, 2.45) is 0 Å². The first kappa shape index (κ1) is 25.8. The Labute approximate surface area is 183 Å². The van der Waals surface area contributed by atoms with Crippen LogP contribution in [0, 0.1) is 6.92 Å². The molecule has 0 saturated carbocycles. The third kappa shape index (κ3) is 14.4. The number of hydrogen-bond acceptors (Lipinski definition) is 2. The van der Waals surface area contributed by atoms with Gasteiger partial charge < -0.3 is 10.1 Å². The molecular formula is C25H42ClNO2. The Morgan fingerprint density at radius 1 is 0.862 bits per heavy atom. The Balaban J connectivity index is 1.84. The molecule has 0 aromatic heterocycles. The van der Waals surface area contributed by atoms with Gasteiger partial charge in [0, 0.05) is 11.6 Å². The van der Waals surface area contributed by atoms with E-state index >= 15 is 0 Å². The molecule has 0 spiro atoms. The number of hydrogen-bond donors (Lipinski definition) is 1. The lowest BCUT2D eigenvalue weighted by atomic mass is 10.0. The fourth-order valence-corrected chi connectivity index (χ4v) is 3.57. The molecule has 29 heavy (non-hydrogen) atoms. The molecule has 1 N–H and O–H groups in total. The zero-order valence-electron chi connectivity index (χ0n) is 18.7. The average Bonchev–Trinajstić information content (AvgIpc) is 2.71. The molecule has 0 heterocycles. The number of ether oxygens (including phenoxy) is 1. The largest absolute Gasteiger partial charge is 0.484 e. The highest BCUT2D eigenvalue weighted by atomic mass is 35.5. The van der Waals surface area contributed by atoms with Gasteiger partial charge in [-0.05, 0) is 37.1 Å². The van der Waals surface area contributed by atoms with Crippen LogP contribution in [0.25, 0.3) is 0 Å². The van der Waals surface area contributed by atoms with Crippen molar-refractivity contribution in [1.29, 1.82) is 0 Å². The molecular weight excluding hydrogens is 382 g/mol. The van der Waals surface area contributed by atoms with Gasteiger partial charge in [0.1, 0.15) is 5.75 Å². The van der Waals surface area contributed by atoms with E-state index < -0.39 is 0 Å². The van der Waals surface area contributed by atoms with Gasteiger partial charge in [0.05, 0.1) is 0 Å². The van der Waals surface area contributed by atoms with Crippen molar-refractivity contribution in [3.63, 3.8) is 0 Å². The summed E-state index contributed by atoms with van der Waals surface area (Å²) < 4.78 is 5.51. The summed E-state index contributed by atoms with van der Waals surface area (Å²) in [4.78, 5) is 11.8. The summed E-state index contributed by atoms with van der Waals surface area (Å²) in [7, 11) is 0. The van der Waals surface area contributed by atoms with Crippen LogP contribution in [-0.4, -0.2) is 19.1 Å². The number of unbranched alkanes of at least 4 members (excludes halogenated alkanes) is 13. The monoisotopic (exact) mass is 423 g/mol. The highest BCUT2D eigenvalue weighted by Gasteiger charge is 2.03. The summed E-state index contributed by atoms with van der Waals surface area (Å²) in [5.74, 6) is 0.617. The molecule has 0 saturated heterocycles. The van der Waals surface area contributed by atoms with Crippen LogP contribution in [0.15, 0.2) is 18.2 Å². The van der Waals surface area contributed by atoms with E-state index in [-0.39, 0.29) is 12.5 Å². The van der Waals surface area contributed by atoms with Crippen molar-refractivity contribution in [2.45, 2.75) is 104 Å². The number of amides is 1. The van der Waals surface area contributed by atoms with Gasteiger partial charge in [-0.25, -0.2) is 0 Å². The van der Waals surface area contributed by atoms with Crippen molar-refractivity contribution < 1.29 is 9.53 Å². The third-order valence-electron chi connectivity index (χ3n) is 5.35. The summed E-state index contributed by atoms with van der Waals surface area (Å²) in [6.45, 7) is 4.99. The standard InChI is InChI=1S/C25H42ClNO2/c1-3-4-5-6-7-8-9-10-11-12-13-14-15-16-19-27-25(28)21-29-23-17-18-24(26)22(2)20-23/h17-18,20H,3-16,19,21H2,1-2H3,(H,27,28). The number of halogens is 1. The molecule has 1 aromatic carbocycles. The number of carbonyl (C=O) groups is 1. The topological polar surface area (TPSA) is 38.3 Å². The Morgan fingerprint density at radius 2 is 1.38 bits per heavy atom. The van der Waals surface area contributed by atoms with Gasteiger partial charge in [-0.2, -0.15) is 0 Å². The van der Waals surface area contributed by atoms with E-state index in [0.717, 1.165) is 18.5 Å². The maximum atomic E-state index is 11.8. The van der Waals surface area contributed by atoms with Crippen LogP contribution in [0.5, 0.6) is 5.75 Å². The van der Waals surface area contributed by atoms with E-state index in [4.69, 9.17) is 16.3 Å². The summed E-state index contributed by atoms with van der Waals surface area (Å²) in [5.41, 5.74) is 0.951. The first-order valence-electron chi connectivity index (χ1n) is 11.8. The van der Waals surface area contributed by atoms with Gasteiger partial charge >= 0.3 is 0 Å². The van der Waals surface area contributed by atoms with Crippen molar-refractivity contribution >= 4 is 17.5 Å². The molecule has 3 nitrogen and oxygen atoms in total. The zero-order valence-corrected chi connectivity index (χ0v) is 19.5. The number of rotatable bonds is 18. The smallest absolute Gasteiger partial charge is 0.257 e. The molecule has 166 valence electrons. The molecule has 0 aliphatic heterocycles. The highest BCUT2D eigenvalue weighted by molar-refractivity contribution is 6.31. The van der Waals surface area contributed by atoms with Crippen LogP contribution < -0.4 is 10.1 Å². The third-order valence-corrected chi connectivity index (χ3v) is 5.78. The van der Waals surface area contributed by atoms with Crippen LogP contribution in [-0.2, 0) is 4.79 Å². The van der Waals surface area contributed by atoms with Gasteiger partial charge in [0.25, 0.3) is 5.91 Å². The van der Waals surface area contributed by atoms with Gasteiger partial charge in [-0.15, -0.1) is 0 Å². The van der Waals surface area contributed by atoms with Crippen LogP contribution in [0.2, 0.25) is 5.02 Å². The SMILES string of the molecule is CCCCCCCCCCCCCCCCNC(=O)COc1ccc(Cl)c(C)c1. The van der Waals surface area contributed by atoms with E-state index in [2.05, 4.69) is 12.2 Å². The first-order chi connectivity index (χ1) is 14.1. The molecule has 0 unspecified atom stereocenters. The molecule has 1 rings (SSSR count). The lowest BCUT2D eigenvalue weighted by molar-refractivity contribution is -0.123. The molecule has 1 aromatic rings. The number of aryl methyl sites for hydroxylation is 1. The molecule has 0 aliphatic rings. The fraction of sp³-hybridized carbons (Fsp3) is 0.720. The quantitative estimate of drug-likeness (QED) is 0.246. The molecule has 0 bridgehead atoms. The maximum Gasteiger partial charge on any atom is 0.257 e. The summed E-state index contributed by atoms with van der Waals surface area (Å²) in [6, 6.07) is 5.43. The Morgan fingerprint density at radius 3 is 1.90 bits per heavy atom. The van der Waals surface area contributed by atoms with E-state index in [9.17, 15) is 4.79 Å². The lowest BCUT2D eigenvalue weighted by Gasteiger charge is -2.08. The fourth-order valence-electron chi connectivity index (χ4n) is 3.45. The number of carbonyl (C=O) groups excluding carboxylic acids is 1. The van der Waals surface area contributed by atoms with E-state index in [1.165, 1.54) is 83.5 Å².